The lowest BCUT2D eigenvalue weighted by molar-refractivity contribution is 0.270. The fourth-order valence-electron chi connectivity index (χ4n) is 3.92. The van der Waals surface area contributed by atoms with Gasteiger partial charge in [0.2, 0.25) is 11.6 Å². The van der Waals surface area contributed by atoms with Gasteiger partial charge in [-0.3, -0.25) is 0 Å². The van der Waals surface area contributed by atoms with E-state index in [2.05, 4.69) is 15.3 Å². The molecule has 2 aromatic heterocycles. The van der Waals surface area contributed by atoms with Gasteiger partial charge in [-0.15, -0.1) is 0 Å². The molecule has 1 aliphatic rings. The summed E-state index contributed by atoms with van der Waals surface area (Å²) in [5.74, 6) is 2.10. The molecule has 1 fully saturated rings. The van der Waals surface area contributed by atoms with E-state index in [1.54, 1.807) is 7.11 Å². The summed E-state index contributed by atoms with van der Waals surface area (Å²) >= 11 is 0. The first-order valence-electron chi connectivity index (χ1n) is 10.2. The molecule has 6 nitrogen and oxygen atoms in total. The number of hydrogen-bond donors (Lipinski definition) is 1. The van der Waals surface area contributed by atoms with Crippen molar-refractivity contribution in [3.05, 3.63) is 60.9 Å². The highest BCUT2D eigenvalue weighted by Crippen LogP contribution is 2.43. The first-order chi connectivity index (χ1) is 14.8. The maximum Gasteiger partial charge on any atom is 0.234 e. The molecule has 4 aromatic rings. The highest BCUT2D eigenvalue weighted by molar-refractivity contribution is 6.03. The van der Waals surface area contributed by atoms with Gasteiger partial charge in [0, 0.05) is 17.2 Å². The summed E-state index contributed by atoms with van der Waals surface area (Å²) in [6.07, 6.45) is 3.78. The molecule has 0 spiro atoms. The molecule has 30 heavy (non-hydrogen) atoms. The van der Waals surface area contributed by atoms with Crippen molar-refractivity contribution in [2.75, 3.05) is 20.3 Å². The third kappa shape index (κ3) is 3.50. The molecule has 0 aliphatic carbocycles. The molecule has 0 radical (unpaired) electrons. The van der Waals surface area contributed by atoms with Crippen LogP contribution in [0.5, 0.6) is 11.6 Å². The molecule has 0 amide bonds. The standard InChI is InChI=1S/C24H23N3O3/c1-28-19-11-9-16(10-12-19)20-21-23(29-14-18-8-5-13-25-18)26-15-27-24(21)30-22(20)17-6-3-2-4-7-17/h2-4,6-7,9-12,15,18,25H,5,8,13-14H2,1H3/t18-/m1/s1. The maximum atomic E-state index is 6.23. The summed E-state index contributed by atoms with van der Waals surface area (Å²) in [6.45, 7) is 1.61. The number of hydrogen-bond acceptors (Lipinski definition) is 6. The summed E-state index contributed by atoms with van der Waals surface area (Å²) in [5.41, 5.74) is 3.41. The zero-order valence-corrected chi connectivity index (χ0v) is 16.8. The van der Waals surface area contributed by atoms with E-state index in [4.69, 9.17) is 13.9 Å². The van der Waals surface area contributed by atoms with Crippen LogP contribution < -0.4 is 14.8 Å². The number of methoxy groups -OCH3 is 1. The van der Waals surface area contributed by atoms with Crippen LogP contribution in [0.3, 0.4) is 0 Å². The second-order valence-corrected chi connectivity index (χ2v) is 7.36. The van der Waals surface area contributed by atoms with Crippen LogP contribution in [0.25, 0.3) is 33.6 Å². The zero-order valence-electron chi connectivity index (χ0n) is 16.8. The molecule has 1 aliphatic heterocycles. The van der Waals surface area contributed by atoms with E-state index in [-0.39, 0.29) is 0 Å². The van der Waals surface area contributed by atoms with Crippen LogP contribution in [0, 0.1) is 0 Å². The third-order valence-corrected chi connectivity index (χ3v) is 5.45. The Morgan fingerprint density at radius 1 is 1.03 bits per heavy atom. The van der Waals surface area contributed by atoms with Crippen LogP contribution in [-0.4, -0.2) is 36.3 Å². The molecule has 1 atom stereocenters. The van der Waals surface area contributed by atoms with Crippen molar-refractivity contribution in [2.24, 2.45) is 0 Å². The second kappa shape index (κ2) is 8.16. The first kappa shape index (κ1) is 18.6. The highest BCUT2D eigenvalue weighted by atomic mass is 16.5. The Morgan fingerprint density at radius 2 is 1.87 bits per heavy atom. The minimum Gasteiger partial charge on any atom is -0.497 e. The summed E-state index contributed by atoms with van der Waals surface area (Å²) in [7, 11) is 1.66. The minimum atomic E-state index is 0.347. The first-order valence-corrected chi connectivity index (χ1v) is 10.2. The van der Waals surface area contributed by atoms with Crippen molar-refractivity contribution >= 4 is 11.1 Å². The SMILES string of the molecule is COc1ccc(-c2c(-c3ccccc3)oc3ncnc(OC[C@H]4CCCN4)c23)cc1. The Morgan fingerprint density at radius 3 is 2.60 bits per heavy atom. The number of nitrogens with one attached hydrogen (secondary N) is 1. The van der Waals surface area contributed by atoms with Gasteiger partial charge < -0.3 is 19.2 Å². The lowest BCUT2D eigenvalue weighted by atomic mass is 9.99. The molecular weight excluding hydrogens is 378 g/mol. The van der Waals surface area contributed by atoms with E-state index in [0.29, 0.717) is 24.2 Å². The molecule has 2 aromatic carbocycles. The van der Waals surface area contributed by atoms with Crippen molar-refractivity contribution in [3.63, 3.8) is 0 Å². The van der Waals surface area contributed by atoms with E-state index in [0.717, 1.165) is 46.6 Å². The van der Waals surface area contributed by atoms with Crippen LogP contribution >= 0.6 is 0 Å². The van der Waals surface area contributed by atoms with E-state index in [9.17, 15) is 0 Å². The fraction of sp³-hybridized carbons (Fsp3) is 0.250. The van der Waals surface area contributed by atoms with E-state index in [1.165, 1.54) is 12.7 Å². The van der Waals surface area contributed by atoms with Gasteiger partial charge in [-0.05, 0) is 37.1 Å². The molecule has 0 bridgehead atoms. The number of rotatable bonds is 6. The monoisotopic (exact) mass is 401 g/mol. The topological polar surface area (TPSA) is 69.4 Å². The molecule has 0 unspecified atom stereocenters. The molecule has 3 heterocycles. The van der Waals surface area contributed by atoms with Crippen LogP contribution in [0.4, 0.5) is 0 Å². The maximum absolute atomic E-state index is 6.23. The summed E-state index contributed by atoms with van der Waals surface area (Å²) in [4.78, 5) is 8.84. The largest absolute Gasteiger partial charge is 0.497 e. The normalized spacial score (nSPS) is 16.1. The second-order valence-electron chi connectivity index (χ2n) is 7.36. The Bertz CT molecular complexity index is 1130. The van der Waals surface area contributed by atoms with Gasteiger partial charge in [0.15, 0.2) is 0 Å². The summed E-state index contributed by atoms with van der Waals surface area (Å²) in [6, 6.07) is 18.3. The van der Waals surface area contributed by atoms with Crippen LogP contribution in [0.1, 0.15) is 12.8 Å². The van der Waals surface area contributed by atoms with Gasteiger partial charge in [0.05, 0.1) is 7.11 Å². The third-order valence-electron chi connectivity index (χ3n) is 5.45. The van der Waals surface area contributed by atoms with Crippen molar-refractivity contribution in [1.29, 1.82) is 0 Å². The van der Waals surface area contributed by atoms with Gasteiger partial charge in [0.1, 0.15) is 29.8 Å². The number of aromatic nitrogens is 2. The Kier molecular flexibility index (Phi) is 5.07. The predicted molar refractivity (Wildman–Crippen MR) is 116 cm³/mol. The molecule has 152 valence electrons. The van der Waals surface area contributed by atoms with E-state index in [1.807, 2.05) is 54.6 Å². The van der Waals surface area contributed by atoms with Crippen molar-refractivity contribution < 1.29 is 13.9 Å². The van der Waals surface area contributed by atoms with Gasteiger partial charge in [-0.1, -0.05) is 42.5 Å². The summed E-state index contributed by atoms with van der Waals surface area (Å²) in [5, 5.41) is 4.25. The molecule has 0 saturated carbocycles. The predicted octanol–water partition coefficient (Wildman–Crippen LogP) is 4.70. The van der Waals surface area contributed by atoms with Gasteiger partial charge in [-0.2, -0.15) is 0 Å². The van der Waals surface area contributed by atoms with Crippen molar-refractivity contribution in [1.82, 2.24) is 15.3 Å². The van der Waals surface area contributed by atoms with E-state index >= 15 is 0 Å². The number of ether oxygens (including phenoxy) is 2. The quantitative estimate of drug-likeness (QED) is 0.505. The van der Waals surface area contributed by atoms with Gasteiger partial charge >= 0.3 is 0 Å². The van der Waals surface area contributed by atoms with Crippen LogP contribution in [-0.2, 0) is 0 Å². The van der Waals surface area contributed by atoms with Gasteiger partial charge in [-0.25, -0.2) is 9.97 Å². The number of nitrogens with zero attached hydrogens (tertiary/aromatic N) is 2. The Balaban J connectivity index is 1.66. The number of benzene rings is 2. The highest BCUT2D eigenvalue weighted by Gasteiger charge is 2.24. The number of furan rings is 1. The van der Waals surface area contributed by atoms with Crippen LogP contribution in [0.15, 0.2) is 65.3 Å². The van der Waals surface area contributed by atoms with Crippen molar-refractivity contribution in [3.8, 4) is 34.1 Å². The molecular formula is C24H23N3O3. The molecule has 5 rings (SSSR count). The molecule has 1 N–H and O–H groups in total. The van der Waals surface area contributed by atoms with E-state index < -0.39 is 0 Å². The lowest BCUT2D eigenvalue weighted by Gasteiger charge is -2.12. The summed E-state index contributed by atoms with van der Waals surface area (Å²) < 4.78 is 17.7. The van der Waals surface area contributed by atoms with Crippen molar-refractivity contribution in [2.45, 2.75) is 18.9 Å². The minimum absolute atomic E-state index is 0.347. The molecule has 6 heteroatoms. The average Bonchev–Trinajstić information content (AvgIpc) is 3.46. The van der Waals surface area contributed by atoms with Gasteiger partial charge in [0.25, 0.3) is 0 Å². The number of fused-ring (bicyclic) bond motifs is 1. The lowest BCUT2D eigenvalue weighted by Crippen LogP contribution is -2.28. The Hall–Kier alpha value is -3.38. The molecule has 1 saturated heterocycles. The smallest absolute Gasteiger partial charge is 0.234 e. The van der Waals surface area contributed by atoms with Crippen LogP contribution in [0.2, 0.25) is 0 Å². The Labute approximate surface area is 174 Å². The zero-order chi connectivity index (χ0) is 20.3. The average molecular weight is 401 g/mol. The fourth-order valence-corrected chi connectivity index (χ4v) is 3.92.